The Morgan fingerprint density at radius 1 is 1.19 bits per heavy atom. The monoisotopic (exact) mass is 365 g/mol. The van der Waals surface area contributed by atoms with Gasteiger partial charge in [-0.25, -0.2) is 4.79 Å². The fourth-order valence-corrected chi connectivity index (χ4v) is 3.03. The number of halogens is 3. The number of aromatic nitrogens is 1. The molecule has 26 heavy (non-hydrogen) atoms. The van der Waals surface area contributed by atoms with Crippen molar-refractivity contribution in [2.24, 2.45) is 5.92 Å². The van der Waals surface area contributed by atoms with E-state index in [1.165, 1.54) is 31.3 Å². The lowest BCUT2D eigenvalue weighted by molar-refractivity contribution is -0.138. The van der Waals surface area contributed by atoms with E-state index < -0.39 is 17.7 Å². The van der Waals surface area contributed by atoms with E-state index in [2.05, 4.69) is 4.98 Å². The zero-order chi connectivity index (χ0) is 19.5. The molecule has 1 aromatic heterocycles. The Morgan fingerprint density at radius 2 is 1.88 bits per heavy atom. The number of hydrogen-bond acceptors (Lipinski definition) is 2. The normalized spacial score (nSPS) is 13.0. The van der Waals surface area contributed by atoms with Gasteiger partial charge in [-0.2, -0.15) is 13.2 Å². The van der Waals surface area contributed by atoms with E-state index >= 15 is 0 Å². The van der Waals surface area contributed by atoms with Crippen LogP contribution in [0.5, 0.6) is 0 Å². The number of carboxylic acids is 1. The van der Waals surface area contributed by atoms with Crippen LogP contribution in [0.3, 0.4) is 0 Å². The Kier molecular flexibility index (Phi) is 6.05. The summed E-state index contributed by atoms with van der Waals surface area (Å²) in [5.74, 6) is -0.774. The largest absolute Gasteiger partial charge is 0.478 e. The van der Waals surface area contributed by atoms with Gasteiger partial charge >= 0.3 is 12.1 Å². The van der Waals surface area contributed by atoms with Crippen LogP contribution in [0, 0.1) is 12.8 Å². The molecular weight excluding hydrogens is 343 g/mol. The first kappa shape index (κ1) is 19.9. The highest BCUT2D eigenvalue weighted by Gasteiger charge is 2.32. The van der Waals surface area contributed by atoms with Crippen LogP contribution in [0.1, 0.15) is 58.9 Å². The van der Waals surface area contributed by atoms with E-state index in [-0.39, 0.29) is 23.0 Å². The average molecular weight is 365 g/mol. The van der Waals surface area contributed by atoms with Gasteiger partial charge in [0.05, 0.1) is 11.1 Å². The van der Waals surface area contributed by atoms with E-state index in [0.717, 1.165) is 5.69 Å². The lowest BCUT2D eigenvalue weighted by Gasteiger charge is -2.21. The number of hydrogen-bond donors (Lipinski definition) is 1. The molecule has 0 aliphatic rings. The fourth-order valence-electron chi connectivity index (χ4n) is 3.03. The second-order valence-electron chi connectivity index (χ2n) is 6.81. The van der Waals surface area contributed by atoms with Gasteiger partial charge in [0.15, 0.2) is 0 Å². The number of aromatic carboxylic acids is 1. The van der Waals surface area contributed by atoms with Gasteiger partial charge in [0.1, 0.15) is 0 Å². The summed E-state index contributed by atoms with van der Waals surface area (Å²) in [7, 11) is 0. The van der Waals surface area contributed by atoms with Gasteiger partial charge in [-0.3, -0.25) is 4.98 Å². The Hall–Kier alpha value is -2.37. The van der Waals surface area contributed by atoms with Crippen LogP contribution in [0.25, 0.3) is 0 Å². The molecule has 2 rings (SSSR count). The zero-order valence-corrected chi connectivity index (χ0v) is 15.0. The number of alkyl halides is 3. The third-order valence-corrected chi connectivity index (χ3v) is 4.57. The molecule has 3 nitrogen and oxygen atoms in total. The minimum Gasteiger partial charge on any atom is -0.478 e. The lowest BCUT2D eigenvalue weighted by Crippen LogP contribution is -2.12. The number of rotatable bonds is 6. The molecule has 0 aliphatic heterocycles. The van der Waals surface area contributed by atoms with Gasteiger partial charge < -0.3 is 5.11 Å². The van der Waals surface area contributed by atoms with E-state index in [0.29, 0.717) is 18.4 Å². The van der Waals surface area contributed by atoms with Gasteiger partial charge in [-0.15, -0.1) is 0 Å². The third kappa shape index (κ3) is 4.84. The quantitative estimate of drug-likeness (QED) is 0.737. The molecule has 0 bridgehead atoms. The molecule has 1 atom stereocenters. The van der Waals surface area contributed by atoms with E-state index in [1.807, 2.05) is 13.8 Å². The molecule has 0 amide bonds. The molecule has 1 aromatic carbocycles. The van der Waals surface area contributed by atoms with Gasteiger partial charge in [0.25, 0.3) is 0 Å². The number of aryl methyl sites for hydroxylation is 2. The van der Waals surface area contributed by atoms with Gasteiger partial charge in [0.2, 0.25) is 0 Å². The molecule has 2 aromatic rings. The first-order valence-corrected chi connectivity index (χ1v) is 8.45. The molecule has 0 spiro atoms. The van der Waals surface area contributed by atoms with Gasteiger partial charge in [-0.05, 0) is 55.0 Å². The van der Waals surface area contributed by atoms with Crippen molar-refractivity contribution in [3.05, 3.63) is 64.5 Å². The maximum Gasteiger partial charge on any atom is 0.416 e. The summed E-state index contributed by atoms with van der Waals surface area (Å²) in [5.41, 5.74) is 1.13. The molecule has 0 aliphatic carbocycles. The molecule has 1 unspecified atom stereocenters. The van der Waals surface area contributed by atoms with Crippen molar-refractivity contribution in [1.82, 2.24) is 4.98 Å². The van der Waals surface area contributed by atoms with E-state index in [1.54, 1.807) is 12.1 Å². The molecule has 0 fully saturated rings. The highest BCUT2D eigenvalue weighted by atomic mass is 19.4. The summed E-state index contributed by atoms with van der Waals surface area (Å²) in [6.07, 6.45) is -1.90. The Morgan fingerprint density at radius 3 is 2.38 bits per heavy atom. The molecule has 140 valence electrons. The summed E-state index contributed by atoms with van der Waals surface area (Å²) in [6, 6.07) is 7.64. The molecular formula is C20H22F3NO2. The highest BCUT2D eigenvalue weighted by molar-refractivity contribution is 5.87. The third-order valence-electron chi connectivity index (χ3n) is 4.57. The van der Waals surface area contributed by atoms with Crippen molar-refractivity contribution < 1.29 is 23.1 Å². The number of nitrogens with zero attached hydrogens (tertiary/aromatic N) is 1. The molecule has 1 heterocycles. The van der Waals surface area contributed by atoms with Crippen LogP contribution in [-0.4, -0.2) is 16.1 Å². The van der Waals surface area contributed by atoms with Crippen LogP contribution >= 0.6 is 0 Å². The van der Waals surface area contributed by atoms with Crippen LogP contribution < -0.4 is 0 Å². The van der Waals surface area contributed by atoms with Crippen molar-refractivity contribution in [2.45, 2.75) is 45.7 Å². The van der Waals surface area contributed by atoms with E-state index in [4.69, 9.17) is 5.11 Å². The van der Waals surface area contributed by atoms with Crippen molar-refractivity contribution in [2.75, 3.05) is 0 Å². The smallest absolute Gasteiger partial charge is 0.416 e. The number of benzene rings is 1. The van der Waals surface area contributed by atoms with Crippen molar-refractivity contribution in [3.8, 4) is 0 Å². The predicted molar refractivity (Wildman–Crippen MR) is 93.3 cm³/mol. The summed E-state index contributed by atoms with van der Waals surface area (Å²) < 4.78 is 39.2. The van der Waals surface area contributed by atoms with E-state index in [9.17, 15) is 18.0 Å². The topological polar surface area (TPSA) is 50.2 Å². The first-order chi connectivity index (χ1) is 12.1. The lowest BCUT2D eigenvalue weighted by atomic mass is 9.86. The number of carbonyl (C=O) groups is 1. The van der Waals surface area contributed by atoms with Gasteiger partial charge in [0, 0.05) is 17.8 Å². The minimum atomic E-state index is -4.36. The van der Waals surface area contributed by atoms with Crippen LogP contribution in [0.4, 0.5) is 13.2 Å². The first-order valence-electron chi connectivity index (χ1n) is 8.45. The Balaban J connectivity index is 2.18. The Bertz CT molecular complexity index is 768. The second kappa shape index (κ2) is 7.89. The summed E-state index contributed by atoms with van der Waals surface area (Å²) >= 11 is 0. The van der Waals surface area contributed by atoms with Crippen molar-refractivity contribution >= 4 is 5.97 Å². The molecule has 6 heteroatoms. The molecule has 0 saturated carbocycles. The fraction of sp³-hybridized carbons (Fsp3) is 0.400. The Labute approximate surface area is 150 Å². The summed E-state index contributed by atoms with van der Waals surface area (Å²) in [6.45, 7) is 5.50. The summed E-state index contributed by atoms with van der Waals surface area (Å²) in [5, 5.41) is 8.96. The van der Waals surface area contributed by atoms with Crippen molar-refractivity contribution in [3.63, 3.8) is 0 Å². The van der Waals surface area contributed by atoms with Crippen LogP contribution in [0.2, 0.25) is 0 Å². The van der Waals surface area contributed by atoms with Crippen molar-refractivity contribution in [1.29, 1.82) is 0 Å². The maximum atomic E-state index is 13.1. The SMILES string of the molecule is Cc1ccc(CCC(c2ccc(C(=O)O)cn2)C(C)C)cc1C(F)(F)F. The maximum absolute atomic E-state index is 13.1. The number of pyridine rings is 1. The minimum absolute atomic E-state index is 0.0356. The average Bonchev–Trinajstić information content (AvgIpc) is 2.55. The molecule has 1 N–H and O–H groups in total. The van der Waals surface area contributed by atoms with Crippen LogP contribution in [-0.2, 0) is 12.6 Å². The highest BCUT2D eigenvalue weighted by Crippen LogP contribution is 2.33. The second-order valence-corrected chi connectivity index (χ2v) is 6.81. The summed E-state index contributed by atoms with van der Waals surface area (Å²) in [4.78, 5) is 15.2. The zero-order valence-electron chi connectivity index (χ0n) is 15.0. The molecule has 0 saturated heterocycles. The van der Waals surface area contributed by atoms with Gasteiger partial charge in [-0.1, -0.05) is 26.0 Å². The standard InChI is InChI=1S/C20H22F3NO2/c1-12(2)16(18-9-7-15(11-24-18)19(25)26)8-6-14-5-4-13(3)17(10-14)20(21,22)23/h4-5,7,9-12,16H,6,8H2,1-3H3,(H,25,26). The molecule has 0 radical (unpaired) electrons. The number of carboxylic acid groups (broad SMARTS) is 1. The predicted octanol–water partition coefficient (Wildman–Crippen LogP) is 5.48. The van der Waals surface area contributed by atoms with Crippen LogP contribution in [0.15, 0.2) is 36.5 Å².